The highest BCUT2D eigenvalue weighted by atomic mass is 35.5. The molecule has 0 radical (unpaired) electrons. The number of rotatable bonds is 4. The predicted octanol–water partition coefficient (Wildman–Crippen LogP) is 2.83. The molecule has 0 saturated heterocycles. The third-order valence-electron chi connectivity index (χ3n) is 3.64. The van der Waals surface area contributed by atoms with Gasteiger partial charge in [-0.2, -0.15) is 9.78 Å². The lowest BCUT2D eigenvalue weighted by molar-refractivity contribution is 0.432. The van der Waals surface area contributed by atoms with E-state index in [9.17, 15) is 5.11 Å². The van der Waals surface area contributed by atoms with Crippen LogP contribution in [0.5, 0.6) is 5.88 Å². The summed E-state index contributed by atoms with van der Waals surface area (Å²) in [4.78, 5) is 4.27. The number of benzene rings is 1. The highest BCUT2D eigenvalue weighted by Gasteiger charge is 2.20. The van der Waals surface area contributed by atoms with E-state index in [1.807, 2.05) is 30.3 Å². The van der Waals surface area contributed by atoms with Crippen LogP contribution in [0.25, 0.3) is 11.4 Å². The molecule has 3 rings (SSSR count). The van der Waals surface area contributed by atoms with Crippen LogP contribution in [0.4, 0.5) is 0 Å². The van der Waals surface area contributed by atoms with E-state index in [4.69, 9.17) is 22.7 Å². The average Bonchev–Trinajstić information content (AvgIpc) is 2.91. The van der Waals surface area contributed by atoms with E-state index in [1.165, 1.54) is 0 Å². The van der Waals surface area contributed by atoms with Gasteiger partial charge in [-0.1, -0.05) is 29.8 Å². The summed E-state index contributed by atoms with van der Waals surface area (Å²) >= 11 is 6.01. The van der Waals surface area contributed by atoms with Gasteiger partial charge in [-0.05, 0) is 42.7 Å². The first-order valence-electron chi connectivity index (χ1n) is 7.37. The van der Waals surface area contributed by atoms with Crippen molar-refractivity contribution in [3.8, 4) is 17.3 Å². The first kappa shape index (κ1) is 16.0. The lowest BCUT2D eigenvalue weighted by Gasteiger charge is -2.04. The minimum absolute atomic E-state index is 0.134. The van der Waals surface area contributed by atoms with Gasteiger partial charge >= 0.3 is 0 Å². The number of pyridine rings is 1. The molecule has 0 fully saturated rings. The zero-order valence-electron chi connectivity index (χ0n) is 12.8. The normalized spacial score (nSPS) is 10.7. The van der Waals surface area contributed by atoms with Gasteiger partial charge in [0.1, 0.15) is 5.69 Å². The number of halogens is 1. The summed E-state index contributed by atoms with van der Waals surface area (Å²) < 4.78 is 1.01. The van der Waals surface area contributed by atoms with Crippen LogP contribution in [0, 0.1) is 5.41 Å². The minimum Gasteiger partial charge on any atom is -0.493 e. The van der Waals surface area contributed by atoms with Crippen molar-refractivity contribution in [3.63, 3.8) is 0 Å². The number of hydrogen-bond acceptors (Lipinski definition) is 4. The molecule has 0 aliphatic rings. The van der Waals surface area contributed by atoms with Crippen LogP contribution >= 0.6 is 11.6 Å². The lowest BCUT2D eigenvalue weighted by Crippen LogP contribution is -2.21. The molecule has 3 aromatic rings. The van der Waals surface area contributed by atoms with Crippen LogP contribution in [-0.2, 0) is 12.8 Å². The first-order valence-corrected chi connectivity index (χ1v) is 7.75. The number of nitrogens with two attached hydrogens (primary N) is 1. The fourth-order valence-corrected chi connectivity index (χ4v) is 2.72. The first-order chi connectivity index (χ1) is 11.6. The molecule has 0 unspecified atom stereocenters. The molecule has 7 heteroatoms. The van der Waals surface area contributed by atoms with Crippen molar-refractivity contribution in [1.29, 1.82) is 5.41 Å². The van der Waals surface area contributed by atoms with Crippen molar-refractivity contribution >= 4 is 17.6 Å². The molecule has 2 aromatic heterocycles. The molecular formula is C17H16ClN5O. The van der Waals surface area contributed by atoms with E-state index in [0.29, 0.717) is 34.8 Å². The third-order valence-corrected chi connectivity index (χ3v) is 3.88. The number of aromatic nitrogens is 3. The maximum atomic E-state index is 10.4. The SMILES string of the molecule is N=C(N)n1nc(-c2ccccn2)c(CCc2cccc(Cl)c2)c1O. The van der Waals surface area contributed by atoms with Gasteiger partial charge in [0.2, 0.25) is 11.8 Å². The average molecular weight is 342 g/mol. The molecule has 0 atom stereocenters. The standard InChI is InChI=1S/C17H16ClN5O/c18-12-5-3-4-11(10-12)7-8-13-15(14-6-1-2-9-21-14)22-23(16(13)24)17(19)20/h1-6,9-10,24H,7-8H2,(H3,19,20). The smallest absolute Gasteiger partial charge is 0.220 e. The number of nitrogens with one attached hydrogen (secondary N) is 1. The molecule has 6 nitrogen and oxygen atoms in total. The number of nitrogen functional groups attached to an aromatic ring is 1. The molecule has 0 aliphatic carbocycles. The Balaban J connectivity index is 1.97. The van der Waals surface area contributed by atoms with E-state index in [-0.39, 0.29) is 11.8 Å². The van der Waals surface area contributed by atoms with Gasteiger partial charge in [-0.3, -0.25) is 10.4 Å². The van der Waals surface area contributed by atoms with Crippen LogP contribution < -0.4 is 5.73 Å². The Hall–Kier alpha value is -2.86. The second-order valence-corrected chi connectivity index (χ2v) is 5.73. The molecule has 0 amide bonds. The van der Waals surface area contributed by atoms with Crippen LogP contribution in [0.2, 0.25) is 5.02 Å². The van der Waals surface area contributed by atoms with E-state index in [1.54, 1.807) is 18.3 Å². The monoisotopic (exact) mass is 341 g/mol. The van der Waals surface area contributed by atoms with Crippen LogP contribution in [-0.4, -0.2) is 25.8 Å². The van der Waals surface area contributed by atoms with Gasteiger partial charge in [0, 0.05) is 16.8 Å². The molecular weight excluding hydrogens is 326 g/mol. The minimum atomic E-state index is -0.348. The number of hydrogen-bond donors (Lipinski definition) is 3. The van der Waals surface area contributed by atoms with E-state index < -0.39 is 0 Å². The summed E-state index contributed by atoms with van der Waals surface area (Å²) in [5.41, 5.74) is 8.27. The van der Waals surface area contributed by atoms with E-state index >= 15 is 0 Å². The Morgan fingerprint density at radius 2 is 2.04 bits per heavy atom. The number of aryl methyl sites for hydroxylation is 1. The van der Waals surface area contributed by atoms with Gasteiger partial charge in [-0.25, -0.2) is 0 Å². The zero-order chi connectivity index (χ0) is 17.1. The molecule has 0 saturated carbocycles. The Morgan fingerprint density at radius 1 is 1.21 bits per heavy atom. The Morgan fingerprint density at radius 3 is 2.71 bits per heavy atom. The maximum absolute atomic E-state index is 10.4. The molecule has 2 heterocycles. The Bertz CT molecular complexity index is 876. The summed E-state index contributed by atoms with van der Waals surface area (Å²) in [5.74, 6) is -0.483. The Labute approximate surface area is 144 Å². The van der Waals surface area contributed by atoms with E-state index in [0.717, 1.165) is 10.2 Å². The van der Waals surface area contributed by atoms with Gasteiger partial charge in [0.05, 0.1) is 5.69 Å². The van der Waals surface area contributed by atoms with Crippen LogP contribution in [0.15, 0.2) is 48.7 Å². The molecule has 1 aromatic carbocycles. The summed E-state index contributed by atoms with van der Waals surface area (Å²) in [6, 6.07) is 13.0. The number of nitrogens with zero attached hydrogens (tertiary/aromatic N) is 3. The molecule has 4 N–H and O–H groups in total. The van der Waals surface area contributed by atoms with Crippen molar-refractivity contribution < 1.29 is 5.11 Å². The molecule has 0 spiro atoms. The zero-order valence-corrected chi connectivity index (χ0v) is 13.5. The molecule has 122 valence electrons. The van der Waals surface area contributed by atoms with Crippen molar-refractivity contribution in [1.82, 2.24) is 14.8 Å². The van der Waals surface area contributed by atoms with Crippen LogP contribution in [0.1, 0.15) is 11.1 Å². The van der Waals surface area contributed by atoms with Gasteiger partial charge < -0.3 is 10.8 Å². The van der Waals surface area contributed by atoms with Gasteiger partial charge in [0.25, 0.3) is 0 Å². The van der Waals surface area contributed by atoms with E-state index in [2.05, 4.69) is 10.1 Å². The molecule has 24 heavy (non-hydrogen) atoms. The van der Waals surface area contributed by atoms with Crippen molar-refractivity contribution in [3.05, 3.63) is 64.8 Å². The summed E-state index contributed by atoms with van der Waals surface area (Å²) in [6.07, 6.45) is 2.84. The van der Waals surface area contributed by atoms with Crippen molar-refractivity contribution in [2.45, 2.75) is 12.8 Å². The predicted molar refractivity (Wildman–Crippen MR) is 93.3 cm³/mol. The highest BCUT2D eigenvalue weighted by Crippen LogP contribution is 2.29. The molecule has 0 bridgehead atoms. The molecule has 0 aliphatic heterocycles. The van der Waals surface area contributed by atoms with Crippen molar-refractivity contribution in [2.75, 3.05) is 0 Å². The maximum Gasteiger partial charge on any atom is 0.220 e. The van der Waals surface area contributed by atoms with Gasteiger partial charge in [-0.15, -0.1) is 0 Å². The fourth-order valence-electron chi connectivity index (χ4n) is 2.51. The highest BCUT2D eigenvalue weighted by molar-refractivity contribution is 6.30. The summed E-state index contributed by atoms with van der Waals surface area (Å²) in [6.45, 7) is 0. The fraction of sp³-hybridized carbons (Fsp3) is 0.118. The topological polar surface area (TPSA) is 101 Å². The second-order valence-electron chi connectivity index (χ2n) is 5.29. The van der Waals surface area contributed by atoms with Crippen molar-refractivity contribution in [2.24, 2.45) is 5.73 Å². The largest absolute Gasteiger partial charge is 0.493 e. The third kappa shape index (κ3) is 3.23. The second kappa shape index (κ2) is 6.72. The summed E-state index contributed by atoms with van der Waals surface area (Å²) in [7, 11) is 0. The van der Waals surface area contributed by atoms with Crippen LogP contribution in [0.3, 0.4) is 0 Å². The quantitative estimate of drug-likeness (QED) is 0.501. The van der Waals surface area contributed by atoms with Gasteiger partial charge in [0.15, 0.2) is 0 Å². The number of aromatic hydroxyl groups is 1. The lowest BCUT2D eigenvalue weighted by atomic mass is 10.0. The Kier molecular flexibility index (Phi) is 4.48. The summed E-state index contributed by atoms with van der Waals surface area (Å²) in [5, 5.41) is 22.9.